The van der Waals surface area contributed by atoms with E-state index in [0.29, 0.717) is 42.1 Å². The summed E-state index contributed by atoms with van der Waals surface area (Å²) in [4.78, 5) is 36.6. The fourth-order valence-electron chi connectivity index (χ4n) is 6.71. The van der Waals surface area contributed by atoms with Crippen molar-refractivity contribution in [1.82, 2.24) is 29.2 Å². The highest BCUT2D eigenvalue weighted by Crippen LogP contribution is 2.38. The van der Waals surface area contributed by atoms with Crippen LogP contribution in [0.2, 0.25) is 0 Å². The van der Waals surface area contributed by atoms with E-state index in [0.717, 1.165) is 46.4 Å². The lowest BCUT2D eigenvalue weighted by molar-refractivity contribution is -0.130. The lowest BCUT2D eigenvalue weighted by Gasteiger charge is -2.39. The van der Waals surface area contributed by atoms with E-state index in [4.69, 9.17) is 14.5 Å². The normalized spacial score (nSPS) is 15.5. The number of carbonyl (C=O) groups excluding carboxylic acids is 2. The third-order valence-corrected chi connectivity index (χ3v) is 9.40. The van der Waals surface area contributed by atoms with E-state index in [2.05, 4.69) is 26.0 Å². The summed E-state index contributed by atoms with van der Waals surface area (Å²) in [6, 6.07) is 15.4. The van der Waals surface area contributed by atoms with Crippen molar-refractivity contribution in [3.63, 3.8) is 0 Å². The van der Waals surface area contributed by atoms with Crippen LogP contribution in [0.3, 0.4) is 0 Å². The number of methoxy groups -OCH3 is 2. The minimum Gasteiger partial charge on any atom is -0.497 e. The Kier molecular flexibility index (Phi) is 8.66. The summed E-state index contributed by atoms with van der Waals surface area (Å²) in [5, 5.41) is 8.80. The summed E-state index contributed by atoms with van der Waals surface area (Å²) < 4.78 is 15.1. The maximum Gasteiger partial charge on any atom is 0.246 e. The number of benzene rings is 2. The molecule has 2 aliphatic rings. The summed E-state index contributed by atoms with van der Waals surface area (Å²) >= 11 is 0. The monoisotopic (exact) mass is 645 g/mol. The molecule has 1 aliphatic carbocycles. The van der Waals surface area contributed by atoms with Gasteiger partial charge in [-0.25, -0.2) is 4.98 Å². The van der Waals surface area contributed by atoms with Gasteiger partial charge >= 0.3 is 0 Å². The van der Waals surface area contributed by atoms with E-state index in [1.807, 2.05) is 48.5 Å². The number of ether oxygens (including phenoxy) is 2. The van der Waals surface area contributed by atoms with Crippen LogP contribution in [0.25, 0.3) is 22.3 Å². The van der Waals surface area contributed by atoms with Gasteiger partial charge in [0.1, 0.15) is 17.1 Å². The van der Waals surface area contributed by atoms with Gasteiger partial charge in [-0.3, -0.25) is 14.3 Å². The second-order valence-corrected chi connectivity index (χ2v) is 12.5. The molecule has 0 spiro atoms. The van der Waals surface area contributed by atoms with Gasteiger partial charge in [0.05, 0.1) is 31.8 Å². The molecule has 1 saturated carbocycles. The first-order valence-electron chi connectivity index (χ1n) is 16.4. The van der Waals surface area contributed by atoms with Gasteiger partial charge < -0.3 is 24.3 Å². The molecule has 48 heavy (non-hydrogen) atoms. The maximum absolute atomic E-state index is 12.7. The Balaban J connectivity index is 1.04. The second kappa shape index (κ2) is 13.3. The number of nitrogens with one attached hydrogen (secondary N) is 1. The number of rotatable bonds is 10. The highest BCUT2D eigenvalue weighted by atomic mass is 16.5. The number of ketones is 1. The fraction of sp³-hybridized carbons (Fsp3) is 0.324. The minimum absolute atomic E-state index is 0.167. The first-order valence-corrected chi connectivity index (χ1v) is 16.4. The van der Waals surface area contributed by atoms with Crippen LogP contribution >= 0.6 is 0 Å². The molecular formula is C37H39N7O4. The number of fused-ring (bicyclic) bond motifs is 1. The molecule has 1 N–H and O–H groups in total. The van der Waals surface area contributed by atoms with Crippen LogP contribution < -0.4 is 14.8 Å². The Morgan fingerprint density at radius 1 is 0.938 bits per heavy atom. The molecule has 2 aromatic carbocycles. The van der Waals surface area contributed by atoms with Crippen molar-refractivity contribution in [2.75, 3.05) is 32.6 Å². The third-order valence-electron chi connectivity index (χ3n) is 9.40. The zero-order valence-corrected chi connectivity index (χ0v) is 27.4. The van der Waals surface area contributed by atoms with Crippen LogP contribution in [0.1, 0.15) is 60.0 Å². The van der Waals surface area contributed by atoms with Gasteiger partial charge in [-0.1, -0.05) is 25.3 Å². The molecule has 0 unspecified atom stereocenters. The number of hydrogen-bond donors (Lipinski definition) is 1. The predicted octanol–water partition coefficient (Wildman–Crippen LogP) is 6.46. The molecule has 5 aromatic rings. The molecule has 2 fully saturated rings. The molecule has 7 rings (SSSR count). The van der Waals surface area contributed by atoms with Crippen molar-refractivity contribution in [3.8, 4) is 22.8 Å². The summed E-state index contributed by atoms with van der Waals surface area (Å²) in [7, 11) is 5.15. The molecule has 11 nitrogen and oxygen atoms in total. The molecule has 1 saturated heterocycles. The maximum atomic E-state index is 12.7. The van der Waals surface area contributed by atoms with Crippen LogP contribution in [0.15, 0.2) is 79.3 Å². The van der Waals surface area contributed by atoms with E-state index >= 15 is 0 Å². The van der Waals surface area contributed by atoms with Gasteiger partial charge in [0.15, 0.2) is 5.78 Å². The number of aryl methyl sites for hydroxylation is 1. The molecule has 1 amide bonds. The molecule has 0 bridgehead atoms. The first-order chi connectivity index (χ1) is 23.4. The van der Waals surface area contributed by atoms with Gasteiger partial charge in [0, 0.05) is 67.1 Å². The van der Waals surface area contributed by atoms with Crippen LogP contribution in [0, 0.1) is 0 Å². The highest BCUT2D eigenvalue weighted by Gasteiger charge is 2.31. The lowest BCUT2D eigenvalue weighted by Crippen LogP contribution is -2.47. The Hall–Kier alpha value is -5.45. The van der Waals surface area contributed by atoms with Crippen LogP contribution in [0.5, 0.6) is 11.5 Å². The Morgan fingerprint density at radius 3 is 2.44 bits per heavy atom. The van der Waals surface area contributed by atoms with E-state index in [1.54, 1.807) is 43.4 Å². The number of anilines is 2. The van der Waals surface area contributed by atoms with Gasteiger partial charge in [0.2, 0.25) is 11.9 Å². The average molecular weight is 646 g/mol. The van der Waals surface area contributed by atoms with Crippen molar-refractivity contribution in [2.45, 2.75) is 44.1 Å². The van der Waals surface area contributed by atoms with Crippen LogP contribution in [0.4, 0.5) is 11.6 Å². The van der Waals surface area contributed by atoms with Crippen LogP contribution in [-0.4, -0.2) is 68.2 Å². The molecule has 11 heteroatoms. The van der Waals surface area contributed by atoms with Gasteiger partial charge in [-0.2, -0.15) is 10.1 Å². The number of likely N-dealkylation sites (tertiary alicyclic amines) is 1. The summed E-state index contributed by atoms with van der Waals surface area (Å²) in [5.74, 6) is 1.60. The Labute approximate surface area is 279 Å². The number of allylic oxidation sites excluding steroid dienone is 1. The average Bonchev–Trinajstić information content (AvgIpc) is 3.70. The predicted molar refractivity (Wildman–Crippen MR) is 184 cm³/mol. The number of nitrogens with zero attached hydrogens (tertiary/aromatic N) is 6. The molecule has 3 aromatic heterocycles. The van der Waals surface area contributed by atoms with E-state index in [9.17, 15) is 9.59 Å². The first kappa shape index (κ1) is 31.2. The van der Waals surface area contributed by atoms with Gasteiger partial charge in [-0.15, -0.1) is 0 Å². The second-order valence-electron chi connectivity index (χ2n) is 12.5. The third kappa shape index (κ3) is 6.27. The Bertz CT molecular complexity index is 1980. The van der Waals surface area contributed by atoms with Gasteiger partial charge in [0.25, 0.3) is 0 Å². The van der Waals surface area contributed by atoms with Crippen molar-refractivity contribution in [1.29, 1.82) is 0 Å². The SMILES string of the molecule is COc1ccc(C(=O)/C=C/C(=O)N2CC(c3ccc(Nc4ncc5cc(-c6cnn(C)c6)n(C6CCCCC6)c5n4)c(OC)c3)C2)cc1. The zero-order chi connectivity index (χ0) is 33.2. The molecule has 0 radical (unpaired) electrons. The van der Waals surface area contributed by atoms with E-state index in [1.165, 1.54) is 31.4 Å². The van der Waals surface area contributed by atoms with Crippen LogP contribution in [-0.2, 0) is 11.8 Å². The van der Waals surface area contributed by atoms with Crippen molar-refractivity contribution in [2.24, 2.45) is 7.05 Å². The summed E-state index contributed by atoms with van der Waals surface area (Å²) in [6.07, 6.45) is 14.5. The molecule has 1 aliphatic heterocycles. The number of carbonyl (C=O) groups is 2. The van der Waals surface area contributed by atoms with Crippen molar-refractivity contribution < 1.29 is 19.1 Å². The Morgan fingerprint density at radius 2 is 1.73 bits per heavy atom. The minimum atomic E-state index is -0.227. The molecule has 246 valence electrons. The zero-order valence-electron chi connectivity index (χ0n) is 27.4. The smallest absolute Gasteiger partial charge is 0.246 e. The highest BCUT2D eigenvalue weighted by molar-refractivity contribution is 6.07. The van der Waals surface area contributed by atoms with E-state index in [-0.39, 0.29) is 17.6 Å². The fourth-order valence-corrected chi connectivity index (χ4v) is 6.71. The standard InChI is InChI=1S/C37H39N7O4/c1-42-21-27(20-39-42)32-17-26-19-38-37(41-36(26)44(32)29-7-5-4-6-8-29)40-31-14-11-25(18-34(31)48-3)28-22-43(23-28)35(46)16-15-33(45)24-9-12-30(47-2)13-10-24/h9-21,28-29H,4-8,22-23H2,1-3H3,(H,38,40,41)/b16-15+. The van der Waals surface area contributed by atoms with Crippen molar-refractivity contribution in [3.05, 3.63) is 90.4 Å². The van der Waals surface area contributed by atoms with Gasteiger partial charge in [-0.05, 0) is 66.9 Å². The molecule has 0 atom stereocenters. The molecular weight excluding hydrogens is 606 g/mol. The quantitative estimate of drug-likeness (QED) is 0.136. The largest absolute Gasteiger partial charge is 0.497 e. The number of aromatic nitrogens is 5. The topological polar surface area (TPSA) is 116 Å². The number of hydrogen-bond acceptors (Lipinski definition) is 8. The lowest BCUT2D eigenvalue weighted by atomic mass is 9.91. The number of amides is 1. The van der Waals surface area contributed by atoms with E-state index < -0.39 is 0 Å². The summed E-state index contributed by atoms with van der Waals surface area (Å²) in [6.45, 7) is 1.13. The summed E-state index contributed by atoms with van der Waals surface area (Å²) in [5.41, 5.74) is 5.43. The van der Waals surface area contributed by atoms with Crippen molar-refractivity contribution >= 4 is 34.4 Å². The molecule has 4 heterocycles.